The molecule has 2 aromatic carbocycles. The lowest BCUT2D eigenvalue weighted by molar-refractivity contribution is 0.0601. The lowest BCUT2D eigenvalue weighted by atomic mass is 9.99. The first kappa shape index (κ1) is 18.1. The Bertz CT molecular complexity index is 1130. The summed E-state index contributed by atoms with van der Waals surface area (Å²) in [6, 6.07) is 10.9. The van der Waals surface area contributed by atoms with Crippen molar-refractivity contribution >= 4 is 22.6 Å². The highest BCUT2D eigenvalue weighted by Crippen LogP contribution is 2.37. The van der Waals surface area contributed by atoms with E-state index >= 15 is 0 Å². The second-order valence-electron chi connectivity index (χ2n) is 6.79. The molecule has 0 saturated heterocycles. The highest BCUT2D eigenvalue weighted by atomic mass is 16.5. The number of para-hydroxylation sites is 1. The van der Waals surface area contributed by atoms with Crippen LogP contribution in [0, 0.1) is 6.92 Å². The lowest BCUT2D eigenvalue weighted by Crippen LogP contribution is -2.33. The maximum absolute atomic E-state index is 12.1. The molecule has 6 heteroatoms. The van der Waals surface area contributed by atoms with Crippen molar-refractivity contribution in [3.8, 4) is 5.75 Å². The minimum atomic E-state index is -0.383. The highest BCUT2D eigenvalue weighted by Gasteiger charge is 2.25. The zero-order valence-corrected chi connectivity index (χ0v) is 16.1. The van der Waals surface area contributed by atoms with Crippen molar-refractivity contribution < 1.29 is 18.7 Å². The summed E-state index contributed by atoms with van der Waals surface area (Å²) >= 11 is 0. The van der Waals surface area contributed by atoms with Gasteiger partial charge in [0.1, 0.15) is 11.3 Å². The molecule has 0 fully saturated rings. The number of carbonyl (C=O) groups excluding carboxylic acids is 1. The third kappa shape index (κ3) is 2.91. The van der Waals surface area contributed by atoms with E-state index in [1.165, 1.54) is 7.11 Å². The minimum absolute atomic E-state index is 0.283. The van der Waals surface area contributed by atoms with E-state index in [9.17, 15) is 9.59 Å². The number of hydrogen-bond acceptors (Lipinski definition) is 6. The predicted octanol–water partition coefficient (Wildman–Crippen LogP) is 3.81. The van der Waals surface area contributed by atoms with E-state index in [1.807, 2.05) is 43.0 Å². The number of aryl methyl sites for hydroxylation is 2. The van der Waals surface area contributed by atoms with E-state index in [0.29, 0.717) is 17.7 Å². The van der Waals surface area contributed by atoms with Crippen molar-refractivity contribution in [3.63, 3.8) is 0 Å². The molecule has 0 N–H and O–H groups in total. The molecule has 0 aliphatic carbocycles. The topological polar surface area (TPSA) is 69.0 Å². The number of rotatable bonds is 3. The standard InChI is InChI=1S/C22H21NO5/c1-4-14-10-19(24)28-21-13(2)20-15(9-17(14)21)11-23(12-27-20)18-8-6-5-7-16(18)22(25)26-3/h5-10H,4,11-12H2,1-3H3. The first-order valence-corrected chi connectivity index (χ1v) is 9.17. The van der Waals surface area contributed by atoms with E-state index in [-0.39, 0.29) is 18.3 Å². The molecule has 1 aliphatic rings. The number of hydrogen-bond donors (Lipinski definition) is 0. The van der Waals surface area contributed by atoms with Crippen molar-refractivity contribution in [2.45, 2.75) is 26.8 Å². The number of fused-ring (bicyclic) bond motifs is 2. The zero-order chi connectivity index (χ0) is 19.8. The van der Waals surface area contributed by atoms with Crippen LogP contribution in [0.3, 0.4) is 0 Å². The van der Waals surface area contributed by atoms with E-state index in [4.69, 9.17) is 13.9 Å². The van der Waals surface area contributed by atoms with Gasteiger partial charge in [0.15, 0.2) is 6.73 Å². The maximum atomic E-state index is 12.1. The molecule has 0 bridgehead atoms. The summed E-state index contributed by atoms with van der Waals surface area (Å²) in [6.45, 7) is 4.77. The predicted molar refractivity (Wildman–Crippen MR) is 106 cm³/mol. The average Bonchev–Trinajstić information content (AvgIpc) is 2.73. The molecule has 3 aromatic rings. The first-order chi connectivity index (χ1) is 13.5. The van der Waals surface area contributed by atoms with E-state index in [1.54, 1.807) is 12.1 Å². The van der Waals surface area contributed by atoms with Gasteiger partial charge in [-0.05, 0) is 37.1 Å². The fraction of sp³-hybridized carbons (Fsp3) is 0.273. The summed E-state index contributed by atoms with van der Waals surface area (Å²) in [5.74, 6) is 0.349. The molecular formula is C22H21NO5. The maximum Gasteiger partial charge on any atom is 0.339 e. The van der Waals surface area contributed by atoms with Gasteiger partial charge in [-0.3, -0.25) is 0 Å². The zero-order valence-electron chi connectivity index (χ0n) is 16.1. The van der Waals surface area contributed by atoms with E-state index < -0.39 is 0 Å². The van der Waals surface area contributed by atoms with Crippen LogP contribution in [0.5, 0.6) is 5.75 Å². The van der Waals surface area contributed by atoms with Crippen LogP contribution in [0.2, 0.25) is 0 Å². The van der Waals surface area contributed by atoms with Gasteiger partial charge < -0.3 is 18.8 Å². The molecule has 1 aliphatic heterocycles. The second kappa shape index (κ2) is 7.03. The van der Waals surface area contributed by atoms with Gasteiger partial charge in [0.25, 0.3) is 0 Å². The summed E-state index contributed by atoms with van der Waals surface area (Å²) in [4.78, 5) is 26.0. The van der Waals surface area contributed by atoms with Gasteiger partial charge >= 0.3 is 11.6 Å². The Labute approximate surface area is 162 Å². The Morgan fingerprint density at radius 1 is 1.25 bits per heavy atom. The van der Waals surface area contributed by atoms with Gasteiger partial charge in [0.05, 0.1) is 18.4 Å². The van der Waals surface area contributed by atoms with Crippen LogP contribution in [0.25, 0.3) is 11.0 Å². The molecule has 0 saturated carbocycles. The fourth-order valence-electron chi connectivity index (χ4n) is 3.76. The average molecular weight is 379 g/mol. The van der Waals surface area contributed by atoms with E-state index in [2.05, 4.69) is 0 Å². The van der Waals surface area contributed by atoms with Gasteiger partial charge in [-0.25, -0.2) is 9.59 Å². The summed E-state index contributed by atoms with van der Waals surface area (Å²) in [5, 5.41) is 0.921. The Morgan fingerprint density at radius 2 is 2.04 bits per heavy atom. The molecule has 0 amide bonds. The molecule has 2 heterocycles. The number of methoxy groups -OCH3 is 1. The van der Waals surface area contributed by atoms with Crippen molar-refractivity contribution in [2.24, 2.45) is 0 Å². The van der Waals surface area contributed by atoms with Crippen LogP contribution in [0.15, 0.2) is 45.6 Å². The molecule has 4 rings (SSSR count). The molecule has 1 aromatic heterocycles. The van der Waals surface area contributed by atoms with Crippen molar-refractivity contribution in [3.05, 3.63) is 69.1 Å². The summed E-state index contributed by atoms with van der Waals surface area (Å²) in [7, 11) is 1.37. The van der Waals surface area contributed by atoms with Crippen molar-refractivity contribution in [1.82, 2.24) is 0 Å². The smallest absolute Gasteiger partial charge is 0.339 e. The second-order valence-corrected chi connectivity index (χ2v) is 6.79. The third-order valence-corrected chi connectivity index (χ3v) is 5.13. The SMILES string of the molecule is CCc1cc(=O)oc2c(C)c3c(cc12)CN(c1ccccc1C(=O)OC)CO3. The number of ether oxygens (including phenoxy) is 2. The molecular weight excluding hydrogens is 358 g/mol. The molecule has 0 unspecified atom stereocenters. The Kier molecular flexibility index (Phi) is 4.55. The Morgan fingerprint density at radius 3 is 2.79 bits per heavy atom. The summed E-state index contributed by atoms with van der Waals surface area (Å²) in [5.41, 5.74) is 4.23. The van der Waals surface area contributed by atoms with Gasteiger partial charge in [0.2, 0.25) is 0 Å². The first-order valence-electron chi connectivity index (χ1n) is 9.17. The van der Waals surface area contributed by atoms with Gasteiger partial charge in [-0.1, -0.05) is 19.1 Å². The number of benzene rings is 2. The largest absolute Gasteiger partial charge is 0.472 e. The van der Waals surface area contributed by atoms with Gasteiger partial charge in [-0.2, -0.15) is 0 Å². The quantitative estimate of drug-likeness (QED) is 0.509. The summed E-state index contributed by atoms with van der Waals surface area (Å²) < 4.78 is 16.4. The monoisotopic (exact) mass is 379 g/mol. The highest BCUT2D eigenvalue weighted by molar-refractivity contribution is 5.96. The normalized spacial score (nSPS) is 13.2. The Balaban J connectivity index is 1.82. The molecule has 0 radical (unpaired) electrons. The van der Waals surface area contributed by atoms with Gasteiger partial charge in [0, 0.05) is 29.1 Å². The molecule has 28 heavy (non-hydrogen) atoms. The van der Waals surface area contributed by atoms with E-state index in [0.717, 1.165) is 39.9 Å². The van der Waals surface area contributed by atoms with Crippen LogP contribution in [0.4, 0.5) is 5.69 Å². The molecule has 0 spiro atoms. The lowest BCUT2D eigenvalue weighted by Gasteiger charge is -2.32. The number of esters is 1. The van der Waals surface area contributed by atoms with Crippen LogP contribution in [-0.2, 0) is 17.7 Å². The number of anilines is 1. The molecule has 0 atom stereocenters. The van der Waals surface area contributed by atoms with Crippen molar-refractivity contribution in [1.29, 1.82) is 0 Å². The van der Waals surface area contributed by atoms with Crippen LogP contribution in [-0.4, -0.2) is 19.8 Å². The summed E-state index contributed by atoms with van der Waals surface area (Å²) in [6.07, 6.45) is 0.732. The Hall–Kier alpha value is -3.28. The number of carbonyl (C=O) groups is 1. The minimum Gasteiger partial charge on any atom is -0.472 e. The van der Waals surface area contributed by atoms with Crippen molar-refractivity contribution in [2.75, 3.05) is 18.7 Å². The molecule has 6 nitrogen and oxygen atoms in total. The molecule has 144 valence electrons. The van der Waals surface area contributed by atoms with Crippen LogP contribution in [0.1, 0.15) is 34.0 Å². The fourth-order valence-corrected chi connectivity index (χ4v) is 3.76. The van der Waals surface area contributed by atoms with Gasteiger partial charge in [-0.15, -0.1) is 0 Å². The third-order valence-electron chi connectivity index (χ3n) is 5.13. The number of nitrogens with zero attached hydrogens (tertiary/aromatic N) is 1. The van der Waals surface area contributed by atoms with Crippen LogP contribution < -0.4 is 15.3 Å². The van der Waals surface area contributed by atoms with Crippen LogP contribution >= 0.6 is 0 Å².